The maximum absolute atomic E-state index is 13.7. The summed E-state index contributed by atoms with van der Waals surface area (Å²) in [4.78, 5) is 7.05. The smallest absolute Gasteiger partial charge is 0.191 e. The number of aliphatic imine (C=N–C) groups is 1. The standard InChI is InChI=1S/C20H35FN4O.HI/c1-7-22-20(23-10-11-25(15(2)3)16(4)5)24-13-17-8-9-19(21)18(12-17)14-26-6;/h8-9,12,15-16H,7,10-11,13-14H2,1-6H3,(H2,22,23,24);1H. The van der Waals surface area contributed by atoms with Crippen LogP contribution >= 0.6 is 24.0 Å². The van der Waals surface area contributed by atoms with E-state index in [2.05, 4.69) is 48.2 Å². The molecule has 0 saturated carbocycles. The Balaban J connectivity index is 0.00000676. The molecule has 0 amide bonds. The van der Waals surface area contributed by atoms with Gasteiger partial charge in [0.2, 0.25) is 0 Å². The first-order chi connectivity index (χ1) is 12.4. The first kappa shape index (κ1) is 26.1. The number of nitrogens with one attached hydrogen (secondary N) is 2. The first-order valence-corrected chi connectivity index (χ1v) is 9.43. The zero-order valence-electron chi connectivity index (χ0n) is 17.5. The van der Waals surface area contributed by atoms with Crippen molar-refractivity contribution in [1.82, 2.24) is 15.5 Å². The van der Waals surface area contributed by atoms with Crippen LogP contribution in [0.2, 0.25) is 0 Å². The Morgan fingerprint density at radius 1 is 1.19 bits per heavy atom. The second kappa shape index (κ2) is 14.1. The van der Waals surface area contributed by atoms with Gasteiger partial charge in [-0.15, -0.1) is 24.0 Å². The number of rotatable bonds is 10. The van der Waals surface area contributed by atoms with Crippen molar-refractivity contribution in [2.24, 2.45) is 4.99 Å². The van der Waals surface area contributed by atoms with Gasteiger partial charge in [-0.3, -0.25) is 4.90 Å². The Morgan fingerprint density at radius 2 is 1.85 bits per heavy atom. The van der Waals surface area contributed by atoms with E-state index in [0.29, 0.717) is 24.2 Å². The second-order valence-electron chi connectivity index (χ2n) is 6.91. The summed E-state index contributed by atoms with van der Waals surface area (Å²) >= 11 is 0. The summed E-state index contributed by atoms with van der Waals surface area (Å²) < 4.78 is 18.7. The third-order valence-corrected chi connectivity index (χ3v) is 4.16. The minimum absolute atomic E-state index is 0. The van der Waals surface area contributed by atoms with Crippen LogP contribution in [0.3, 0.4) is 0 Å². The number of nitrogens with zero attached hydrogens (tertiary/aromatic N) is 2. The van der Waals surface area contributed by atoms with E-state index in [9.17, 15) is 4.39 Å². The van der Waals surface area contributed by atoms with Crippen LogP contribution < -0.4 is 10.6 Å². The molecule has 0 fully saturated rings. The maximum Gasteiger partial charge on any atom is 0.191 e. The monoisotopic (exact) mass is 494 g/mol. The van der Waals surface area contributed by atoms with Crippen molar-refractivity contribution in [3.63, 3.8) is 0 Å². The van der Waals surface area contributed by atoms with Crippen molar-refractivity contribution in [3.05, 3.63) is 35.1 Å². The number of methoxy groups -OCH3 is 1. The number of halogens is 2. The van der Waals surface area contributed by atoms with E-state index in [-0.39, 0.29) is 36.4 Å². The number of ether oxygens (including phenoxy) is 1. The quantitative estimate of drug-likeness (QED) is 0.296. The Morgan fingerprint density at radius 3 is 2.41 bits per heavy atom. The highest BCUT2D eigenvalue weighted by Crippen LogP contribution is 2.12. The highest BCUT2D eigenvalue weighted by atomic mass is 127. The van der Waals surface area contributed by atoms with Gasteiger partial charge in [0, 0.05) is 44.4 Å². The van der Waals surface area contributed by atoms with Gasteiger partial charge in [-0.1, -0.05) is 6.07 Å². The largest absolute Gasteiger partial charge is 0.380 e. The molecule has 0 radical (unpaired) electrons. The van der Waals surface area contributed by atoms with E-state index < -0.39 is 0 Å². The molecule has 7 heteroatoms. The van der Waals surface area contributed by atoms with Crippen molar-refractivity contribution in [2.45, 2.75) is 59.9 Å². The van der Waals surface area contributed by atoms with Gasteiger partial charge >= 0.3 is 0 Å². The number of hydrogen-bond acceptors (Lipinski definition) is 3. The summed E-state index contributed by atoms with van der Waals surface area (Å²) in [6.45, 7) is 14.2. The van der Waals surface area contributed by atoms with E-state index in [1.807, 2.05) is 13.0 Å². The molecule has 0 aliphatic heterocycles. The van der Waals surface area contributed by atoms with Crippen LogP contribution in [0.25, 0.3) is 0 Å². The van der Waals surface area contributed by atoms with Gasteiger partial charge in [0.05, 0.1) is 13.2 Å². The molecule has 0 aliphatic rings. The summed E-state index contributed by atoms with van der Waals surface area (Å²) in [6.07, 6.45) is 0. The predicted molar refractivity (Wildman–Crippen MR) is 122 cm³/mol. The molecule has 0 heterocycles. The Hall–Kier alpha value is -0.930. The molecule has 0 aromatic heterocycles. The molecular weight excluding hydrogens is 458 g/mol. The zero-order valence-corrected chi connectivity index (χ0v) is 19.8. The summed E-state index contributed by atoms with van der Waals surface area (Å²) in [6, 6.07) is 6.07. The van der Waals surface area contributed by atoms with Gasteiger partial charge < -0.3 is 15.4 Å². The number of hydrogen-bond donors (Lipinski definition) is 2. The van der Waals surface area contributed by atoms with Crippen LogP contribution in [-0.2, 0) is 17.9 Å². The lowest BCUT2D eigenvalue weighted by molar-refractivity contribution is 0.178. The molecule has 1 rings (SSSR count). The fourth-order valence-electron chi connectivity index (χ4n) is 2.92. The summed E-state index contributed by atoms with van der Waals surface area (Å²) in [5.41, 5.74) is 1.52. The number of guanidine groups is 1. The summed E-state index contributed by atoms with van der Waals surface area (Å²) in [5.74, 6) is 0.532. The third kappa shape index (κ3) is 9.71. The number of benzene rings is 1. The van der Waals surface area contributed by atoms with E-state index in [1.54, 1.807) is 13.2 Å². The van der Waals surface area contributed by atoms with E-state index in [4.69, 9.17) is 4.74 Å². The molecule has 0 bridgehead atoms. The molecular formula is C20H36FIN4O. The van der Waals surface area contributed by atoms with Crippen LogP contribution in [0, 0.1) is 5.82 Å². The molecule has 0 aliphatic carbocycles. The van der Waals surface area contributed by atoms with Crippen LogP contribution in [0.5, 0.6) is 0 Å². The van der Waals surface area contributed by atoms with Crippen molar-refractivity contribution in [1.29, 1.82) is 0 Å². The Bertz CT molecular complexity index is 559. The van der Waals surface area contributed by atoms with Crippen molar-refractivity contribution in [3.8, 4) is 0 Å². The van der Waals surface area contributed by atoms with Crippen LogP contribution in [0.4, 0.5) is 4.39 Å². The minimum atomic E-state index is -0.243. The lowest BCUT2D eigenvalue weighted by atomic mass is 10.1. The molecule has 27 heavy (non-hydrogen) atoms. The topological polar surface area (TPSA) is 48.9 Å². The van der Waals surface area contributed by atoms with Crippen molar-refractivity contribution in [2.75, 3.05) is 26.7 Å². The maximum atomic E-state index is 13.7. The zero-order chi connectivity index (χ0) is 19.5. The third-order valence-electron chi connectivity index (χ3n) is 4.16. The van der Waals surface area contributed by atoms with Gasteiger partial charge in [0.15, 0.2) is 5.96 Å². The molecule has 0 atom stereocenters. The van der Waals surface area contributed by atoms with Crippen LogP contribution in [0.1, 0.15) is 45.7 Å². The molecule has 0 unspecified atom stereocenters. The lowest BCUT2D eigenvalue weighted by Gasteiger charge is -2.30. The van der Waals surface area contributed by atoms with Gasteiger partial charge in [-0.05, 0) is 52.3 Å². The van der Waals surface area contributed by atoms with Crippen molar-refractivity contribution >= 4 is 29.9 Å². The molecule has 0 spiro atoms. The first-order valence-electron chi connectivity index (χ1n) is 9.43. The molecule has 5 nitrogen and oxygen atoms in total. The van der Waals surface area contributed by atoms with Crippen molar-refractivity contribution < 1.29 is 9.13 Å². The normalized spacial score (nSPS) is 11.9. The van der Waals surface area contributed by atoms with Gasteiger partial charge in [0.1, 0.15) is 5.82 Å². The SMILES string of the molecule is CCNC(=NCc1ccc(F)c(COC)c1)NCCN(C(C)C)C(C)C.I. The minimum Gasteiger partial charge on any atom is -0.380 e. The molecule has 1 aromatic carbocycles. The van der Waals surface area contributed by atoms with E-state index >= 15 is 0 Å². The van der Waals surface area contributed by atoms with Gasteiger partial charge in [-0.25, -0.2) is 9.38 Å². The second-order valence-corrected chi connectivity index (χ2v) is 6.91. The van der Waals surface area contributed by atoms with E-state index in [1.165, 1.54) is 6.07 Å². The van der Waals surface area contributed by atoms with E-state index in [0.717, 1.165) is 31.2 Å². The van der Waals surface area contributed by atoms with Gasteiger partial charge in [0.25, 0.3) is 0 Å². The molecule has 2 N–H and O–H groups in total. The van der Waals surface area contributed by atoms with Gasteiger partial charge in [-0.2, -0.15) is 0 Å². The lowest BCUT2D eigenvalue weighted by Crippen LogP contribution is -2.45. The highest BCUT2D eigenvalue weighted by Gasteiger charge is 2.12. The summed E-state index contributed by atoms with van der Waals surface area (Å²) in [7, 11) is 1.56. The van der Waals surface area contributed by atoms with Crippen LogP contribution in [-0.4, -0.2) is 49.7 Å². The summed E-state index contributed by atoms with van der Waals surface area (Å²) in [5, 5.41) is 6.64. The fraction of sp³-hybridized carbons (Fsp3) is 0.650. The molecule has 156 valence electrons. The van der Waals surface area contributed by atoms with Crippen LogP contribution in [0.15, 0.2) is 23.2 Å². The Kier molecular flexibility index (Phi) is 13.6. The average molecular weight is 494 g/mol. The average Bonchev–Trinajstić information content (AvgIpc) is 2.58. The fourth-order valence-corrected chi connectivity index (χ4v) is 2.92. The predicted octanol–water partition coefficient (Wildman–Crippen LogP) is 3.76. The highest BCUT2D eigenvalue weighted by molar-refractivity contribution is 14.0. The molecule has 0 saturated heterocycles. The molecule has 1 aromatic rings. The Labute approximate surface area is 181 Å².